The highest BCUT2D eigenvalue weighted by Gasteiger charge is 2.47. The number of halogens is 2. The highest BCUT2D eigenvalue weighted by molar-refractivity contribution is 9.10. The van der Waals surface area contributed by atoms with E-state index in [-0.39, 0.29) is 11.3 Å². The molecule has 0 bridgehead atoms. The van der Waals surface area contributed by atoms with Gasteiger partial charge in [0.1, 0.15) is 5.76 Å². The van der Waals surface area contributed by atoms with Crippen molar-refractivity contribution in [3.8, 4) is 0 Å². The van der Waals surface area contributed by atoms with Gasteiger partial charge in [-0.2, -0.15) is 0 Å². The van der Waals surface area contributed by atoms with Crippen molar-refractivity contribution in [2.45, 2.75) is 26.8 Å². The van der Waals surface area contributed by atoms with Gasteiger partial charge in [0.25, 0.3) is 11.7 Å². The molecule has 0 spiro atoms. The SMILES string of the molecule is CCN(CC)c1ccc(C2/C(=C(/O)c3ccc(Br)c(C)c3)C(=O)C(=O)N2c2ccc(Cl)cc2)cc1. The number of amides is 1. The molecule has 3 aromatic rings. The van der Waals surface area contributed by atoms with Crippen LogP contribution in [0.25, 0.3) is 5.76 Å². The number of Topliss-reactive ketones (excluding diaryl/α,β-unsaturated/α-hetero) is 1. The van der Waals surface area contributed by atoms with Gasteiger partial charge in [-0.1, -0.05) is 45.7 Å². The van der Waals surface area contributed by atoms with Gasteiger partial charge in [0.15, 0.2) is 0 Å². The second kappa shape index (κ2) is 10.3. The van der Waals surface area contributed by atoms with Crippen LogP contribution in [0.4, 0.5) is 11.4 Å². The molecule has 1 unspecified atom stereocenters. The lowest BCUT2D eigenvalue weighted by Crippen LogP contribution is -2.29. The van der Waals surface area contributed by atoms with Gasteiger partial charge >= 0.3 is 0 Å². The van der Waals surface area contributed by atoms with E-state index in [2.05, 4.69) is 34.7 Å². The topological polar surface area (TPSA) is 60.9 Å². The Labute approximate surface area is 218 Å². The number of benzene rings is 3. The minimum atomic E-state index is -0.786. The van der Waals surface area contributed by atoms with Crippen molar-refractivity contribution in [3.63, 3.8) is 0 Å². The lowest BCUT2D eigenvalue weighted by atomic mass is 9.94. The molecule has 1 aliphatic rings. The van der Waals surface area contributed by atoms with Gasteiger partial charge in [0.2, 0.25) is 0 Å². The van der Waals surface area contributed by atoms with Gasteiger partial charge in [-0.15, -0.1) is 0 Å². The maximum Gasteiger partial charge on any atom is 0.300 e. The summed E-state index contributed by atoms with van der Waals surface area (Å²) >= 11 is 9.54. The Morgan fingerprint density at radius 1 is 1.00 bits per heavy atom. The van der Waals surface area contributed by atoms with Crippen LogP contribution in [0, 0.1) is 6.92 Å². The Balaban J connectivity index is 1.90. The average molecular weight is 554 g/mol. The zero-order chi connectivity index (χ0) is 25.3. The molecule has 1 saturated heterocycles. The van der Waals surface area contributed by atoms with Gasteiger partial charge in [0.05, 0.1) is 11.6 Å². The first-order valence-corrected chi connectivity index (χ1v) is 12.6. The van der Waals surface area contributed by atoms with E-state index in [0.717, 1.165) is 34.4 Å². The van der Waals surface area contributed by atoms with Crippen LogP contribution in [-0.2, 0) is 9.59 Å². The predicted molar refractivity (Wildman–Crippen MR) is 145 cm³/mol. The summed E-state index contributed by atoms with van der Waals surface area (Å²) in [5.41, 5.74) is 3.74. The minimum Gasteiger partial charge on any atom is -0.507 e. The van der Waals surface area contributed by atoms with Gasteiger partial charge in [-0.05, 0) is 80.4 Å². The number of hydrogen-bond acceptors (Lipinski definition) is 4. The summed E-state index contributed by atoms with van der Waals surface area (Å²) in [6.45, 7) is 7.81. The van der Waals surface area contributed by atoms with Crippen LogP contribution in [-0.4, -0.2) is 29.9 Å². The third-order valence-electron chi connectivity index (χ3n) is 6.32. The zero-order valence-electron chi connectivity index (χ0n) is 19.8. The lowest BCUT2D eigenvalue weighted by Gasteiger charge is -2.27. The quantitative estimate of drug-likeness (QED) is 0.205. The van der Waals surface area contributed by atoms with E-state index in [9.17, 15) is 14.7 Å². The van der Waals surface area contributed by atoms with Crippen molar-refractivity contribution in [2.75, 3.05) is 22.9 Å². The molecule has 4 rings (SSSR count). The summed E-state index contributed by atoms with van der Waals surface area (Å²) in [7, 11) is 0. The Morgan fingerprint density at radius 2 is 1.63 bits per heavy atom. The van der Waals surface area contributed by atoms with E-state index in [0.29, 0.717) is 16.3 Å². The van der Waals surface area contributed by atoms with Crippen molar-refractivity contribution >= 4 is 56.4 Å². The van der Waals surface area contributed by atoms with Gasteiger partial charge < -0.3 is 10.0 Å². The van der Waals surface area contributed by atoms with Gasteiger partial charge in [-0.3, -0.25) is 14.5 Å². The molecule has 0 saturated carbocycles. The number of aryl methyl sites for hydroxylation is 1. The van der Waals surface area contributed by atoms with Crippen molar-refractivity contribution in [1.29, 1.82) is 0 Å². The van der Waals surface area contributed by atoms with E-state index < -0.39 is 17.7 Å². The Hall–Kier alpha value is -3.09. The molecule has 1 amide bonds. The van der Waals surface area contributed by atoms with E-state index in [1.54, 1.807) is 36.4 Å². The Morgan fingerprint density at radius 3 is 2.20 bits per heavy atom. The monoisotopic (exact) mass is 552 g/mol. The van der Waals surface area contributed by atoms with E-state index >= 15 is 0 Å². The molecule has 1 heterocycles. The third-order valence-corrected chi connectivity index (χ3v) is 7.46. The molecule has 5 nitrogen and oxygen atoms in total. The first-order valence-electron chi connectivity index (χ1n) is 11.4. The molecular weight excluding hydrogens is 528 g/mol. The predicted octanol–water partition coefficient (Wildman–Crippen LogP) is 6.88. The molecule has 1 atom stereocenters. The summed E-state index contributed by atoms with van der Waals surface area (Å²) in [5, 5.41) is 11.8. The molecule has 0 aromatic heterocycles. The normalized spacial score (nSPS) is 17.2. The fourth-order valence-electron chi connectivity index (χ4n) is 4.42. The second-order valence-corrected chi connectivity index (χ2v) is 9.66. The maximum absolute atomic E-state index is 13.3. The number of carbonyl (C=O) groups excluding carboxylic acids is 2. The van der Waals surface area contributed by atoms with Crippen LogP contribution in [0.15, 0.2) is 76.8 Å². The summed E-state index contributed by atoms with van der Waals surface area (Å²) in [6.07, 6.45) is 0. The zero-order valence-corrected chi connectivity index (χ0v) is 22.1. The lowest BCUT2D eigenvalue weighted by molar-refractivity contribution is -0.132. The molecule has 0 radical (unpaired) electrons. The van der Waals surface area contributed by atoms with Crippen LogP contribution < -0.4 is 9.80 Å². The van der Waals surface area contributed by atoms with Gasteiger partial charge in [0, 0.05) is 39.5 Å². The minimum absolute atomic E-state index is 0.0576. The number of nitrogens with zero attached hydrogens (tertiary/aromatic N) is 2. The molecule has 1 aliphatic heterocycles. The molecule has 7 heteroatoms. The van der Waals surface area contributed by atoms with E-state index in [1.165, 1.54) is 4.90 Å². The Kier molecular flexibility index (Phi) is 7.33. The summed E-state index contributed by atoms with van der Waals surface area (Å²) < 4.78 is 0.888. The van der Waals surface area contributed by atoms with Gasteiger partial charge in [-0.25, -0.2) is 0 Å². The smallest absolute Gasteiger partial charge is 0.300 e. The standard InChI is InChI=1S/C28H26BrClN2O3/c1-4-31(5-2)21-11-6-18(7-12-21)25-24(26(33)19-8-15-23(29)17(3)16-19)27(34)28(35)32(25)22-13-9-20(30)10-14-22/h6-16,25,33H,4-5H2,1-3H3/b26-24-. The van der Waals surface area contributed by atoms with Crippen molar-refractivity contribution < 1.29 is 14.7 Å². The van der Waals surface area contributed by atoms with Crippen LogP contribution in [0.2, 0.25) is 5.02 Å². The third kappa shape index (κ3) is 4.73. The van der Waals surface area contributed by atoms with E-state index in [1.807, 2.05) is 37.3 Å². The van der Waals surface area contributed by atoms with Crippen molar-refractivity contribution in [3.05, 3.63) is 98.5 Å². The number of ketones is 1. The van der Waals surface area contributed by atoms with Crippen molar-refractivity contribution in [2.24, 2.45) is 0 Å². The fraction of sp³-hybridized carbons (Fsp3) is 0.214. The highest BCUT2D eigenvalue weighted by atomic mass is 79.9. The van der Waals surface area contributed by atoms with Crippen LogP contribution in [0.3, 0.4) is 0 Å². The maximum atomic E-state index is 13.3. The van der Waals surface area contributed by atoms with Crippen LogP contribution >= 0.6 is 27.5 Å². The molecule has 180 valence electrons. The Bertz CT molecular complexity index is 1300. The largest absolute Gasteiger partial charge is 0.507 e. The van der Waals surface area contributed by atoms with Crippen LogP contribution in [0.5, 0.6) is 0 Å². The molecule has 1 fully saturated rings. The summed E-state index contributed by atoms with van der Waals surface area (Å²) in [5.74, 6) is -1.62. The molecule has 35 heavy (non-hydrogen) atoms. The first kappa shape index (κ1) is 25.0. The average Bonchev–Trinajstić information content (AvgIpc) is 3.12. The number of aliphatic hydroxyl groups is 1. The summed E-state index contributed by atoms with van der Waals surface area (Å²) in [4.78, 5) is 30.3. The second-order valence-electron chi connectivity index (χ2n) is 8.37. The fourth-order valence-corrected chi connectivity index (χ4v) is 4.79. The number of carbonyl (C=O) groups is 2. The van der Waals surface area contributed by atoms with Crippen LogP contribution in [0.1, 0.15) is 36.6 Å². The first-order chi connectivity index (χ1) is 16.8. The number of hydrogen-bond donors (Lipinski definition) is 1. The molecular formula is C28H26BrClN2O3. The molecule has 1 N–H and O–H groups in total. The van der Waals surface area contributed by atoms with E-state index in [4.69, 9.17) is 11.6 Å². The summed E-state index contributed by atoms with van der Waals surface area (Å²) in [6, 6.07) is 19.1. The molecule has 3 aromatic carbocycles. The number of anilines is 2. The molecule has 0 aliphatic carbocycles. The number of rotatable bonds is 6. The van der Waals surface area contributed by atoms with Crippen molar-refractivity contribution in [1.82, 2.24) is 0 Å². The highest BCUT2D eigenvalue weighted by Crippen LogP contribution is 2.43. The number of aliphatic hydroxyl groups excluding tert-OH is 1.